The average molecular weight is 249 g/mol. The van der Waals surface area contributed by atoms with E-state index in [1.165, 1.54) is 11.1 Å². The highest BCUT2D eigenvalue weighted by atomic mass is 16.5. The molecule has 0 bridgehead atoms. The van der Waals surface area contributed by atoms with Crippen molar-refractivity contribution in [2.24, 2.45) is 5.73 Å². The molecule has 2 N–H and O–H groups in total. The van der Waals surface area contributed by atoms with Crippen LogP contribution in [0.15, 0.2) is 12.1 Å². The number of rotatable bonds is 3. The van der Waals surface area contributed by atoms with Gasteiger partial charge in [-0.1, -0.05) is 19.9 Å². The van der Waals surface area contributed by atoms with Gasteiger partial charge in [-0.2, -0.15) is 0 Å². The number of benzene rings is 1. The number of ether oxygens (including phenoxy) is 2. The average Bonchev–Trinajstić information content (AvgIpc) is 2.52. The Kier molecular flexibility index (Phi) is 4.12. The minimum atomic E-state index is 0.159. The molecule has 0 amide bonds. The van der Waals surface area contributed by atoms with Crippen molar-refractivity contribution in [2.75, 3.05) is 13.2 Å². The number of fused-ring (bicyclic) bond motifs is 1. The third-order valence-corrected chi connectivity index (χ3v) is 3.16. The van der Waals surface area contributed by atoms with Gasteiger partial charge in [-0.3, -0.25) is 0 Å². The van der Waals surface area contributed by atoms with Crippen molar-refractivity contribution in [1.82, 2.24) is 0 Å². The van der Waals surface area contributed by atoms with E-state index in [9.17, 15) is 0 Å². The Morgan fingerprint density at radius 1 is 1.17 bits per heavy atom. The molecule has 1 atom stereocenters. The van der Waals surface area contributed by atoms with Crippen molar-refractivity contribution < 1.29 is 9.47 Å². The third-order valence-electron chi connectivity index (χ3n) is 3.16. The Hall–Kier alpha value is -1.22. The molecule has 1 unspecified atom stereocenters. The third kappa shape index (κ3) is 2.78. The summed E-state index contributed by atoms with van der Waals surface area (Å²) in [6, 6.07) is 4.31. The zero-order chi connectivity index (χ0) is 13.1. The van der Waals surface area contributed by atoms with Crippen LogP contribution in [0.2, 0.25) is 0 Å². The van der Waals surface area contributed by atoms with Crippen LogP contribution in [0.4, 0.5) is 0 Å². The molecule has 1 heterocycles. The van der Waals surface area contributed by atoms with Crippen LogP contribution in [0.3, 0.4) is 0 Å². The maximum atomic E-state index is 5.93. The van der Waals surface area contributed by atoms with Gasteiger partial charge < -0.3 is 15.2 Å². The second kappa shape index (κ2) is 5.61. The smallest absolute Gasteiger partial charge is 0.164 e. The Balaban J connectivity index is 2.46. The molecular weight excluding hydrogens is 226 g/mol. The molecule has 0 aromatic heterocycles. The highest BCUT2D eigenvalue weighted by Crippen LogP contribution is 2.39. The highest BCUT2D eigenvalue weighted by molar-refractivity contribution is 5.52. The van der Waals surface area contributed by atoms with Crippen LogP contribution in [-0.2, 0) is 6.42 Å². The van der Waals surface area contributed by atoms with Crippen LogP contribution in [-0.4, -0.2) is 19.3 Å². The minimum Gasteiger partial charge on any atom is -0.490 e. The first kappa shape index (κ1) is 13.2. The fraction of sp³-hybridized carbons (Fsp3) is 0.600. The van der Waals surface area contributed by atoms with Crippen molar-refractivity contribution in [3.05, 3.63) is 23.3 Å². The number of hydrogen-bond donors (Lipinski definition) is 1. The SMILES string of the molecule is CC(N)Cc1ccc2c(c1C(C)C)OCCCO2. The van der Waals surface area contributed by atoms with E-state index in [1.54, 1.807) is 0 Å². The maximum Gasteiger partial charge on any atom is 0.164 e. The van der Waals surface area contributed by atoms with Crippen molar-refractivity contribution in [3.8, 4) is 11.5 Å². The first-order valence-corrected chi connectivity index (χ1v) is 6.76. The summed E-state index contributed by atoms with van der Waals surface area (Å²) in [7, 11) is 0. The second-order valence-corrected chi connectivity index (χ2v) is 5.35. The fourth-order valence-corrected chi connectivity index (χ4v) is 2.46. The molecule has 0 fully saturated rings. The summed E-state index contributed by atoms with van der Waals surface area (Å²) >= 11 is 0. The van der Waals surface area contributed by atoms with Gasteiger partial charge in [-0.05, 0) is 30.9 Å². The van der Waals surface area contributed by atoms with Gasteiger partial charge in [0.2, 0.25) is 0 Å². The van der Waals surface area contributed by atoms with Crippen LogP contribution in [0, 0.1) is 0 Å². The van der Waals surface area contributed by atoms with E-state index in [-0.39, 0.29) is 6.04 Å². The summed E-state index contributed by atoms with van der Waals surface area (Å²) in [6.07, 6.45) is 1.82. The Morgan fingerprint density at radius 3 is 2.56 bits per heavy atom. The Bertz CT molecular complexity index is 413. The molecule has 2 rings (SSSR count). The lowest BCUT2D eigenvalue weighted by Crippen LogP contribution is -2.19. The quantitative estimate of drug-likeness (QED) is 0.896. The van der Waals surface area contributed by atoms with Crippen molar-refractivity contribution in [2.45, 2.75) is 45.6 Å². The van der Waals surface area contributed by atoms with Gasteiger partial charge in [-0.15, -0.1) is 0 Å². The van der Waals surface area contributed by atoms with Crippen LogP contribution >= 0.6 is 0 Å². The normalized spacial score (nSPS) is 16.5. The summed E-state index contributed by atoms with van der Waals surface area (Å²) in [6.45, 7) is 7.88. The van der Waals surface area contributed by atoms with Gasteiger partial charge in [0.05, 0.1) is 13.2 Å². The van der Waals surface area contributed by atoms with Crippen LogP contribution < -0.4 is 15.2 Å². The molecule has 100 valence electrons. The molecule has 0 saturated heterocycles. The zero-order valence-electron chi connectivity index (χ0n) is 11.5. The van der Waals surface area contributed by atoms with Crippen molar-refractivity contribution in [3.63, 3.8) is 0 Å². The molecule has 0 saturated carbocycles. The Labute approximate surface area is 109 Å². The fourth-order valence-electron chi connectivity index (χ4n) is 2.46. The van der Waals surface area contributed by atoms with E-state index in [4.69, 9.17) is 15.2 Å². The minimum absolute atomic E-state index is 0.159. The summed E-state index contributed by atoms with van der Waals surface area (Å²) < 4.78 is 11.6. The monoisotopic (exact) mass is 249 g/mol. The molecule has 0 radical (unpaired) electrons. The van der Waals surface area contributed by atoms with E-state index < -0.39 is 0 Å². The molecule has 1 aromatic carbocycles. The standard InChI is InChI=1S/C15H23NO2/c1-10(2)14-12(9-11(3)16)5-6-13-15(14)18-8-4-7-17-13/h5-6,10-11H,4,7-9,16H2,1-3H3. The zero-order valence-corrected chi connectivity index (χ0v) is 11.5. The molecule has 0 spiro atoms. The van der Waals surface area contributed by atoms with E-state index in [1.807, 2.05) is 13.0 Å². The van der Waals surface area contributed by atoms with E-state index in [2.05, 4.69) is 19.9 Å². The van der Waals surface area contributed by atoms with Crippen LogP contribution in [0.1, 0.15) is 44.2 Å². The molecule has 1 aliphatic heterocycles. The highest BCUT2D eigenvalue weighted by Gasteiger charge is 2.20. The predicted molar refractivity (Wildman–Crippen MR) is 73.5 cm³/mol. The molecule has 18 heavy (non-hydrogen) atoms. The van der Waals surface area contributed by atoms with Gasteiger partial charge in [0.1, 0.15) is 0 Å². The molecule has 1 aromatic rings. The summed E-state index contributed by atoms with van der Waals surface area (Å²) in [5.41, 5.74) is 8.47. The lowest BCUT2D eigenvalue weighted by Gasteiger charge is -2.20. The first-order valence-electron chi connectivity index (χ1n) is 6.76. The molecule has 1 aliphatic rings. The largest absolute Gasteiger partial charge is 0.490 e. The molecule has 0 aliphatic carbocycles. The van der Waals surface area contributed by atoms with E-state index >= 15 is 0 Å². The summed E-state index contributed by atoms with van der Waals surface area (Å²) in [5.74, 6) is 2.22. The van der Waals surface area contributed by atoms with Crippen molar-refractivity contribution in [1.29, 1.82) is 0 Å². The van der Waals surface area contributed by atoms with Gasteiger partial charge >= 0.3 is 0 Å². The van der Waals surface area contributed by atoms with E-state index in [0.717, 1.165) is 37.6 Å². The number of hydrogen-bond acceptors (Lipinski definition) is 3. The topological polar surface area (TPSA) is 44.5 Å². The van der Waals surface area contributed by atoms with Crippen LogP contribution in [0.25, 0.3) is 0 Å². The van der Waals surface area contributed by atoms with Crippen molar-refractivity contribution >= 4 is 0 Å². The lowest BCUT2D eigenvalue weighted by atomic mass is 9.92. The summed E-state index contributed by atoms with van der Waals surface area (Å²) in [4.78, 5) is 0. The summed E-state index contributed by atoms with van der Waals surface area (Å²) in [5, 5.41) is 0. The molecule has 3 nitrogen and oxygen atoms in total. The van der Waals surface area contributed by atoms with E-state index in [0.29, 0.717) is 5.92 Å². The molecule has 3 heteroatoms. The lowest BCUT2D eigenvalue weighted by molar-refractivity contribution is 0.295. The Morgan fingerprint density at radius 2 is 1.89 bits per heavy atom. The number of nitrogens with two attached hydrogens (primary N) is 1. The second-order valence-electron chi connectivity index (χ2n) is 5.35. The van der Waals surface area contributed by atoms with Gasteiger partial charge in [0.25, 0.3) is 0 Å². The van der Waals surface area contributed by atoms with Gasteiger partial charge in [0.15, 0.2) is 11.5 Å². The predicted octanol–water partition coefficient (Wildman–Crippen LogP) is 2.86. The first-order chi connectivity index (χ1) is 8.59. The van der Waals surface area contributed by atoms with Gasteiger partial charge in [0, 0.05) is 18.0 Å². The maximum absolute atomic E-state index is 5.93. The van der Waals surface area contributed by atoms with Crippen LogP contribution in [0.5, 0.6) is 11.5 Å². The molecular formula is C15H23NO2. The van der Waals surface area contributed by atoms with Gasteiger partial charge in [-0.25, -0.2) is 0 Å².